The Balaban J connectivity index is 1.95. The van der Waals surface area contributed by atoms with Gasteiger partial charge in [0.05, 0.1) is 17.6 Å². The van der Waals surface area contributed by atoms with Crippen LogP contribution in [-0.2, 0) is 20.9 Å². The van der Waals surface area contributed by atoms with Crippen LogP contribution in [0.2, 0.25) is 0 Å². The van der Waals surface area contributed by atoms with Crippen molar-refractivity contribution in [2.45, 2.75) is 19.9 Å². The second-order valence-corrected chi connectivity index (χ2v) is 7.89. The van der Waals surface area contributed by atoms with E-state index in [0.29, 0.717) is 22.6 Å². The molecule has 6 nitrogen and oxygen atoms in total. The molecule has 0 saturated carbocycles. The van der Waals surface area contributed by atoms with Gasteiger partial charge >= 0.3 is 6.36 Å². The van der Waals surface area contributed by atoms with E-state index in [-0.39, 0.29) is 17.9 Å². The van der Waals surface area contributed by atoms with Crippen LogP contribution < -0.4 is 4.74 Å². The van der Waals surface area contributed by atoms with Crippen molar-refractivity contribution in [1.82, 2.24) is 9.78 Å². The summed E-state index contributed by atoms with van der Waals surface area (Å²) in [5.41, 5.74) is 2.48. The molecular weight excluding hydrogens is 409 g/mol. The third kappa shape index (κ3) is 5.58. The third-order valence-electron chi connectivity index (χ3n) is 3.87. The molecule has 3 aromatic rings. The van der Waals surface area contributed by atoms with E-state index in [1.165, 1.54) is 18.2 Å². The second-order valence-electron chi connectivity index (χ2n) is 6.25. The van der Waals surface area contributed by atoms with E-state index in [0.717, 1.165) is 6.26 Å². The fourth-order valence-corrected chi connectivity index (χ4v) is 3.10. The lowest BCUT2D eigenvalue weighted by Crippen LogP contribution is -2.17. The van der Waals surface area contributed by atoms with Crippen molar-refractivity contribution in [2.24, 2.45) is 0 Å². The molecule has 0 aliphatic heterocycles. The predicted octanol–water partition coefficient (Wildman–Crippen LogP) is 4.22. The Morgan fingerprint density at radius 1 is 1.07 bits per heavy atom. The maximum atomic E-state index is 12.7. The summed E-state index contributed by atoms with van der Waals surface area (Å²) < 4.78 is 70.8. The van der Waals surface area contributed by atoms with Crippen LogP contribution in [0.25, 0.3) is 16.8 Å². The molecule has 0 N–H and O–H groups in total. The average Bonchev–Trinajstić information content (AvgIpc) is 3.00. The number of aryl methyl sites for hydroxylation is 1. The van der Waals surface area contributed by atoms with Gasteiger partial charge < -0.3 is 4.74 Å². The lowest BCUT2D eigenvalue weighted by atomic mass is 10.0. The Morgan fingerprint density at radius 3 is 2.48 bits per heavy atom. The SMILES string of the molecule is Cc1cc(COS(C)(=O)=O)nn1-c1cccc(-c2ccccc2OC(F)(F)F)c1. The number of ether oxygens (including phenoxy) is 1. The summed E-state index contributed by atoms with van der Waals surface area (Å²) >= 11 is 0. The highest BCUT2D eigenvalue weighted by molar-refractivity contribution is 7.85. The zero-order valence-electron chi connectivity index (χ0n) is 15.5. The molecule has 0 bridgehead atoms. The lowest BCUT2D eigenvalue weighted by Gasteiger charge is -2.14. The van der Waals surface area contributed by atoms with Gasteiger partial charge in [0.15, 0.2) is 0 Å². The molecule has 10 heteroatoms. The Bertz CT molecular complexity index is 1120. The van der Waals surface area contributed by atoms with Gasteiger partial charge in [-0.2, -0.15) is 13.5 Å². The smallest absolute Gasteiger partial charge is 0.405 e. The van der Waals surface area contributed by atoms with Crippen molar-refractivity contribution in [3.63, 3.8) is 0 Å². The summed E-state index contributed by atoms with van der Waals surface area (Å²) in [6, 6.07) is 14.3. The molecule has 29 heavy (non-hydrogen) atoms. The molecule has 1 heterocycles. The van der Waals surface area contributed by atoms with Gasteiger partial charge in [0.25, 0.3) is 10.1 Å². The zero-order chi connectivity index (χ0) is 21.2. The van der Waals surface area contributed by atoms with E-state index in [1.54, 1.807) is 48.0 Å². The standard InChI is InChI=1S/C19H17F3N2O4S/c1-13-10-15(12-27-29(2,25)26)23-24(13)16-7-5-6-14(11-16)17-8-3-4-9-18(17)28-19(20,21)22/h3-11H,12H2,1-2H3. The van der Waals surface area contributed by atoms with Crippen LogP contribution in [0.5, 0.6) is 5.75 Å². The van der Waals surface area contributed by atoms with Crippen LogP contribution in [-0.4, -0.2) is 30.8 Å². The van der Waals surface area contributed by atoms with Gasteiger partial charge in [-0.1, -0.05) is 30.3 Å². The summed E-state index contributed by atoms with van der Waals surface area (Å²) in [7, 11) is -3.61. The van der Waals surface area contributed by atoms with Gasteiger partial charge in [0, 0.05) is 11.3 Å². The first-order valence-corrected chi connectivity index (χ1v) is 10.2. The summed E-state index contributed by atoms with van der Waals surface area (Å²) in [6.07, 6.45) is -3.86. The number of benzene rings is 2. The van der Waals surface area contributed by atoms with E-state index in [2.05, 4.69) is 9.84 Å². The monoisotopic (exact) mass is 426 g/mol. The highest BCUT2D eigenvalue weighted by Gasteiger charge is 2.32. The van der Waals surface area contributed by atoms with Crippen LogP contribution in [0.3, 0.4) is 0 Å². The maximum absolute atomic E-state index is 12.7. The number of halogens is 3. The van der Waals surface area contributed by atoms with Crippen molar-refractivity contribution in [3.8, 4) is 22.6 Å². The highest BCUT2D eigenvalue weighted by Crippen LogP contribution is 2.34. The average molecular weight is 426 g/mol. The van der Waals surface area contributed by atoms with E-state index < -0.39 is 16.5 Å². The topological polar surface area (TPSA) is 70.4 Å². The van der Waals surface area contributed by atoms with Crippen LogP contribution in [0, 0.1) is 6.92 Å². The number of rotatable bonds is 6. The van der Waals surface area contributed by atoms with Crippen LogP contribution in [0.15, 0.2) is 54.6 Å². The number of hydrogen-bond acceptors (Lipinski definition) is 5. The quantitative estimate of drug-likeness (QED) is 0.552. The van der Waals surface area contributed by atoms with E-state index >= 15 is 0 Å². The van der Waals surface area contributed by atoms with Gasteiger partial charge in [-0.05, 0) is 36.8 Å². The molecule has 0 saturated heterocycles. The Hall–Kier alpha value is -2.85. The Kier molecular flexibility index (Phi) is 5.67. The molecule has 0 aliphatic carbocycles. The molecule has 3 rings (SSSR count). The first-order chi connectivity index (χ1) is 13.5. The van der Waals surface area contributed by atoms with Gasteiger partial charge in [0.1, 0.15) is 12.4 Å². The number of aromatic nitrogens is 2. The largest absolute Gasteiger partial charge is 0.573 e. The number of nitrogens with zero attached hydrogens (tertiary/aromatic N) is 2. The molecule has 154 valence electrons. The van der Waals surface area contributed by atoms with Gasteiger partial charge in [-0.15, -0.1) is 13.2 Å². The van der Waals surface area contributed by atoms with E-state index in [9.17, 15) is 21.6 Å². The number of alkyl halides is 3. The highest BCUT2D eigenvalue weighted by atomic mass is 32.2. The summed E-state index contributed by atoms with van der Waals surface area (Å²) in [5.74, 6) is -0.309. The summed E-state index contributed by atoms with van der Waals surface area (Å²) in [5, 5.41) is 4.32. The minimum absolute atomic E-state index is 0.214. The fourth-order valence-electron chi connectivity index (χ4n) is 2.76. The molecule has 0 fully saturated rings. The summed E-state index contributed by atoms with van der Waals surface area (Å²) in [4.78, 5) is 0. The normalized spacial score (nSPS) is 12.2. The second kappa shape index (κ2) is 7.88. The molecular formula is C19H17F3N2O4S. The minimum Gasteiger partial charge on any atom is -0.405 e. The molecule has 0 spiro atoms. The van der Waals surface area contributed by atoms with E-state index in [4.69, 9.17) is 4.18 Å². The van der Waals surface area contributed by atoms with Crippen molar-refractivity contribution in [1.29, 1.82) is 0 Å². The van der Waals surface area contributed by atoms with E-state index in [1.807, 2.05) is 0 Å². The Morgan fingerprint density at radius 2 is 1.79 bits per heavy atom. The molecule has 0 radical (unpaired) electrons. The molecule has 1 aromatic heterocycles. The predicted molar refractivity (Wildman–Crippen MR) is 100 cm³/mol. The van der Waals surface area contributed by atoms with Crippen molar-refractivity contribution in [2.75, 3.05) is 6.26 Å². The fraction of sp³-hybridized carbons (Fsp3) is 0.211. The van der Waals surface area contributed by atoms with Crippen LogP contribution >= 0.6 is 0 Å². The van der Waals surface area contributed by atoms with Gasteiger partial charge in [-0.25, -0.2) is 4.68 Å². The van der Waals surface area contributed by atoms with Crippen molar-refractivity contribution >= 4 is 10.1 Å². The zero-order valence-corrected chi connectivity index (χ0v) is 16.3. The summed E-state index contributed by atoms with van der Waals surface area (Å²) in [6.45, 7) is 1.55. The number of para-hydroxylation sites is 1. The molecule has 0 aliphatic rings. The third-order valence-corrected chi connectivity index (χ3v) is 4.42. The molecule has 0 unspecified atom stereocenters. The molecule has 0 atom stereocenters. The first-order valence-electron chi connectivity index (χ1n) is 8.37. The van der Waals surface area contributed by atoms with Crippen LogP contribution in [0.1, 0.15) is 11.4 Å². The molecule has 0 amide bonds. The van der Waals surface area contributed by atoms with Crippen molar-refractivity contribution < 1.29 is 30.5 Å². The molecule has 2 aromatic carbocycles. The first kappa shape index (κ1) is 20.9. The van der Waals surface area contributed by atoms with Crippen molar-refractivity contribution in [3.05, 3.63) is 66.0 Å². The van der Waals surface area contributed by atoms with Crippen LogP contribution in [0.4, 0.5) is 13.2 Å². The van der Waals surface area contributed by atoms with Gasteiger partial charge in [-0.3, -0.25) is 4.18 Å². The lowest BCUT2D eigenvalue weighted by molar-refractivity contribution is -0.274. The maximum Gasteiger partial charge on any atom is 0.573 e. The van der Waals surface area contributed by atoms with Gasteiger partial charge in [0.2, 0.25) is 0 Å². The Labute approximate surface area is 165 Å². The number of hydrogen-bond donors (Lipinski definition) is 0. The minimum atomic E-state index is -4.80.